The van der Waals surface area contributed by atoms with Gasteiger partial charge in [0.05, 0.1) is 21.4 Å². The van der Waals surface area contributed by atoms with E-state index in [4.69, 9.17) is 28.9 Å². The zero-order valence-electron chi connectivity index (χ0n) is 10.2. The lowest BCUT2D eigenvalue weighted by Gasteiger charge is -2.09. The highest BCUT2D eigenvalue weighted by molar-refractivity contribution is 6.39. The van der Waals surface area contributed by atoms with Gasteiger partial charge in [0, 0.05) is 17.7 Å². The van der Waals surface area contributed by atoms with Gasteiger partial charge in [0.25, 0.3) is 5.91 Å². The van der Waals surface area contributed by atoms with Gasteiger partial charge in [-0.3, -0.25) is 4.79 Å². The average molecular weight is 335 g/mol. The van der Waals surface area contributed by atoms with Gasteiger partial charge in [-0.05, 0) is 12.1 Å². The van der Waals surface area contributed by atoms with E-state index in [0.717, 1.165) is 0 Å². The van der Waals surface area contributed by atoms with E-state index in [1.807, 2.05) is 0 Å². The SMILES string of the molecule is Nc1c(Cl)cc(C(=O)Nc2cc(F)c(F)cc2F)cc1Cl. The molecule has 0 heterocycles. The Morgan fingerprint density at radius 3 is 2.05 bits per heavy atom. The molecule has 21 heavy (non-hydrogen) atoms. The van der Waals surface area contributed by atoms with Crippen molar-refractivity contribution < 1.29 is 18.0 Å². The number of nitrogens with one attached hydrogen (secondary N) is 1. The summed E-state index contributed by atoms with van der Waals surface area (Å²) in [5.41, 5.74) is 5.09. The highest BCUT2D eigenvalue weighted by Gasteiger charge is 2.15. The summed E-state index contributed by atoms with van der Waals surface area (Å²) in [7, 11) is 0. The molecule has 0 unspecified atom stereocenters. The van der Waals surface area contributed by atoms with E-state index < -0.39 is 29.0 Å². The third-order valence-corrected chi connectivity index (χ3v) is 3.22. The Kier molecular flexibility index (Phi) is 4.29. The van der Waals surface area contributed by atoms with E-state index in [1.54, 1.807) is 0 Å². The van der Waals surface area contributed by atoms with Crippen molar-refractivity contribution in [3.63, 3.8) is 0 Å². The van der Waals surface area contributed by atoms with Crippen LogP contribution in [0.15, 0.2) is 24.3 Å². The maximum atomic E-state index is 13.4. The molecule has 0 aliphatic carbocycles. The van der Waals surface area contributed by atoms with E-state index in [0.29, 0.717) is 12.1 Å². The van der Waals surface area contributed by atoms with E-state index in [9.17, 15) is 18.0 Å². The molecule has 2 aromatic carbocycles. The molecule has 0 spiro atoms. The number of carbonyl (C=O) groups is 1. The second-order valence-electron chi connectivity index (χ2n) is 4.05. The molecule has 2 aromatic rings. The predicted octanol–water partition coefficient (Wildman–Crippen LogP) is 4.25. The number of nitrogens with two attached hydrogens (primary N) is 1. The van der Waals surface area contributed by atoms with Gasteiger partial charge < -0.3 is 11.1 Å². The van der Waals surface area contributed by atoms with Crippen LogP contribution in [0.5, 0.6) is 0 Å². The molecule has 0 atom stereocenters. The number of anilines is 2. The minimum Gasteiger partial charge on any atom is -0.396 e. The maximum absolute atomic E-state index is 13.4. The summed E-state index contributed by atoms with van der Waals surface area (Å²) in [5.74, 6) is -4.57. The lowest BCUT2D eigenvalue weighted by Crippen LogP contribution is -2.14. The molecule has 3 nitrogen and oxygen atoms in total. The van der Waals surface area contributed by atoms with Crippen LogP contribution in [0.3, 0.4) is 0 Å². The first-order valence-electron chi connectivity index (χ1n) is 5.50. The van der Waals surface area contributed by atoms with Crippen LogP contribution in [-0.4, -0.2) is 5.91 Å². The number of carbonyl (C=O) groups excluding carboxylic acids is 1. The topological polar surface area (TPSA) is 55.1 Å². The van der Waals surface area contributed by atoms with Gasteiger partial charge in [-0.2, -0.15) is 0 Å². The number of nitrogen functional groups attached to an aromatic ring is 1. The molecule has 0 saturated heterocycles. The first-order valence-corrected chi connectivity index (χ1v) is 6.25. The van der Waals surface area contributed by atoms with Crippen LogP contribution >= 0.6 is 23.2 Å². The van der Waals surface area contributed by atoms with Crippen molar-refractivity contribution in [3.05, 3.63) is 57.3 Å². The van der Waals surface area contributed by atoms with E-state index in [2.05, 4.69) is 5.32 Å². The quantitative estimate of drug-likeness (QED) is 0.637. The van der Waals surface area contributed by atoms with Gasteiger partial charge in [-0.15, -0.1) is 0 Å². The number of hydrogen-bond acceptors (Lipinski definition) is 2. The molecule has 0 fully saturated rings. The smallest absolute Gasteiger partial charge is 0.255 e. The molecule has 0 aromatic heterocycles. The summed E-state index contributed by atoms with van der Waals surface area (Å²) >= 11 is 11.5. The third kappa shape index (κ3) is 3.22. The number of benzene rings is 2. The Balaban J connectivity index is 2.32. The summed E-state index contributed by atoms with van der Waals surface area (Å²) in [4.78, 5) is 11.9. The van der Waals surface area contributed by atoms with Crippen LogP contribution in [0.1, 0.15) is 10.4 Å². The standard InChI is InChI=1S/C13H7Cl2F3N2O/c14-6-1-5(2-7(15)12(6)19)13(21)20-11-4-9(17)8(16)3-10(11)18/h1-4H,19H2,(H,20,21). The largest absolute Gasteiger partial charge is 0.396 e. The van der Waals surface area contributed by atoms with Crippen molar-refractivity contribution in [2.24, 2.45) is 0 Å². The van der Waals surface area contributed by atoms with E-state index >= 15 is 0 Å². The van der Waals surface area contributed by atoms with E-state index in [1.165, 1.54) is 12.1 Å². The fourth-order valence-corrected chi connectivity index (χ4v) is 2.02. The zero-order valence-corrected chi connectivity index (χ0v) is 11.7. The Labute approximate surface area is 127 Å². The first-order chi connectivity index (χ1) is 9.79. The fraction of sp³-hybridized carbons (Fsp3) is 0. The molecule has 0 radical (unpaired) electrons. The number of amides is 1. The Bertz CT molecular complexity index is 715. The number of halogens is 5. The molecule has 0 saturated carbocycles. The monoisotopic (exact) mass is 334 g/mol. The van der Waals surface area contributed by atoms with Crippen molar-refractivity contribution in [3.8, 4) is 0 Å². The molecule has 0 bridgehead atoms. The third-order valence-electron chi connectivity index (χ3n) is 2.60. The van der Waals surface area contributed by atoms with Gasteiger partial charge in [0.2, 0.25) is 0 Å². The lowest BCUT2D eigenvalue weighted by atomic mass is 10.2. The van der Waals surface area contributed by atoms with Crippen LogP contribution < -0.4 is 11.1 Å². The molecular formula is C13H7Cl2F3N2O. The molecule has 1 amide bonds. The summed E-state index contributed by atoms with van der Waals surface area (Å²) in [6.45, 7) is 0. The van der Waals surface area contributed by atoms with Gasteiger partial charge in [-0.1, -0.05) is 23.2 Å². The summed E-state index contributed by atoms with van der Waals surface area (Å²) in [6.07, 6.45) is 0. The van der Waals surface area contributed by atoms with Crippen molar-refractivity contribution >= 4 is 40.5 Å². The first kappa shape index (κ1) is 15.5. The van der Waals surface area contributed by atoms with Crippen molar-refractivity contribution in [2.75, 3.05) is 11.1 Å². The normalized spacial score (nSPS) is 10.5. The molecule has 3 N–H and O–H groups in total. The predicted molar refractivity (Wildman–Crippen MR) is 75.1 cm³/mol. The van der Waals surface area contributed by atoms with Crippen molar-refractivity contribution in [1.29, 1.82) is 0 Å². The van der Waals surface area contributed by atoms with E-state index in [-0.39, 0.29) is 21.3 Å². The second kappa shape index (κ2) is 5.83. The van der Waals surface area contributed by atoms with Gasteiger partial charge >= 0.3 is 0 Å². The molecule has 110 valence electrons. The van der Waals surface area contributed by atoms with Crippen molar-refractivity contribution in [2.45, 2.75) is 0 Å². The Hall–Kier alpha value is -1.92. The molecular weight excluding hydrogens is 328 g/mol. The Morgan fingerprint density at radius 1 is 0.952 bits per heavy atom. The number of rotatable bonds is 2. The van der Waals surface area contributed by atoms with Crippen molar-refractivity contribution in [1.82, 2.24) is 0 Å². The molecule has 0 aliphatic heterocycles. The maximum Gasteiger partial charge on any atom is 0.255 e. The van der Waals surface area contributed by atoms with Crippen LogP contribution in [0, 0.1) is 17.5 Å². The Morgan fingerprint density at radius 2 is 1.48 bits per heavy atom. The highest BCUT2D eigenvalue weighted by Crippen LogP contribution is 2.29. The molecule has 0 aliphatic rings. The minimum atomic E-state index is -1.36. The summed E-state index contributed by atoms with van der Waals surface area (Å²) in [6, 6.07) is 3.29. The zero-order chi connectivity index (χ0) is 15.7. The summed E-state index contributed by atoms with van der Waals surface area (Å²) in [5, 5.41) is 2.17. The average Bonchev–Trinajstić information content (AvgIpc) is 2.41. The lowest BCUT2D eigenvalue weighted by molar-refractivity contribution is 0.102. The van der Waals surface area contributed by atoms with Crippen LogP contribution in [0.2, 0.25) is 10.0 Å². The number of hydrogen-bond donors (Lipinski definition) is 2. The van der Waals surface area contributed by atoms with Gasteiger partial charge in [-0.25, -0.2) is 13.2 Å². The molecule has 2 rings (SSSR count). The second-order valence-corrected chi connectivity index (χ2v) is 4.87. The van der Waals surface area contributed by atoms with Crippen LogP contribution in [0.25, 0.3) is 0 Å². The highest BCUT2D eigenvalue weighted by atomic mass is 35.5. The summed E-state index contributed by atoms with van der Waals surface area (Å²) < 4.78 is 39.3. The minimum absolute atomic E-state index is 0.0108. The van der Waals surface area contributed by atoms with Crippen LogP contribution in [-0.2, 0) is 0 Å². The van der Waals surface area contributed by atoms with Gasteiger partial charge in [0.15, 0.2) is 11.6 Å². The van der Waals surface area contributed by atoms with Crippen LogP contribution in [0.4, 0.5) is 24.5 Å². The fourth-order valence-electron chi connectivity index (χ4n) is 1.53. The molecule has 8 heteroatoms. The van der Waals surface area contributed by atoms with Gasteiger partial charge in [0.1, 0.15) is 5.82 Å².